The van der Waals surface area contributed by atoms with Crippen LogP contribution in [0.3, 0.4) is 0 Å². The second kappa shape index (κ2) is 4.25. The van der Waals surface area contributed by atoms with Crippen LogP contribution in [0.4, 0.5) is 13.6 Å². The fourth-order valence-electron chi connectivity index (χ4n) is 1.60. The third-order valence-electron chi connectivity index (χ3n) is 2.36. The lowest BCUT2D eigenvalue weighted by Gasteiger charge is -2.24. The lowest BCUT2D eigenvalue weighted by molar-refractivity contribution is 0.114. The highest BCUT2D eigenvalue weighted by Gasteiger charge is 2.27. The Bertz CT molecular complexity index is 439. The number of carbonyl (C=O) groups excluding carboxylic acids is 1. The largest absolute Gasteiger partial charge is 0.449 e. The van der Waals surface area contributed by atoms with E-state index in [1.165, 1.54) is 0 Å². The number of cyclic esters (lactones) is 1. The molecule has 1 aliphatic rings. The first-order valence-electron chi connectivity index (χ1n) is 4.66. The second-order valence-electron chi connectivity index (χ2n) is 3.38. The molecule has 3 nitrogen and oxygen atoms in total. The highest BCUT2D eigenvalue weighted by atomic mass is 35.5. The van der Waals surface area contributed by atoms with E-state index in [1.807, 2.05) is 0 Å². The van der Waals surface area contributed by atoms with Crippen LogP contribution in [0, 0.1) is 11.6 Å². The molecule has 1 amide bonds. The van der Waals surface area contributed by atoms with Crippen LogP contribution in [-0.4, -0.2) is 12.7 Å². The normalized spacial score (nSPS) is 20.2. The van der Waals surface area contributed by atoms with Crippen LogP contribution in [0.5, 0.6) is 0 Å². The molecule has 0 bridgehead atoms. The molecular weight excluding hydrogens is 240 g/mol. The minimum absolute atomic E-state index is 0.127. The Labute approximate surface area is 95.3 Å². The van der Waals surface area contributed by atoms with Gasteiger partial charge in [-0.05, 0) is 12.1 Å². The molecule has 0 aliphatic carbocycles. The zero-order valence-corrected chi connectivity index (χ0v) is 8.85. The molecule has 0 spiro atoms. The lowest BCUT2D eigenvalue weighted by atomic mass is 10.0. The topological polar surface area (TPSA) is 38.3 Å². The Kier molecular flexibility index (Phi) is 2.96. The highest BCUT2D eigenvalue weighted by Crippen LogP contribution is 2.29. The van der Waals surface area contributed by atoms with E-state index in [4.69, 9.17) is 11.6 Å². The maximum atomic E-state index is 13.6. The predicted molar refractivity (Wildman–Crippen MR) is 53.2 cm³/mol. The van der Waals surface area contributed by atoms with Gasteiger partial charge >= 0.3 is 6.09 Å². The Morgan fingerprint density at radius 1 is 1.44 bits per heavy atom. The van der Waals surface area contributed by atoms with E-state index < -0.39 is 23.8 Å². The summed E-state index contributed by atoms with van der Waals surface area (Å²) >= 11 is 5.56. The number of amides is 1. The van der Waals surface area contributed by atoms with Gasteiger partial charge in [0.1, 0.15) is 11.6 Å². The Morgan fingerprint density at radius 3 is 2.88 bits per heavy atom. The summed E-state index contributed by atoms with van der Waals surface area (Å²) < 4.78 is 31.7. The minimum Gasteiger partial charge on any atom is -0.449 e. The maximum absolute atomic E-state index is 13.6. The first-order valence-corrected chi connectivity index (χ1v) is 5.04. The Hall–Kier alpha value is -1.36. The van der Waals surface area contributed by atoms with Crippen molar-refractivity contribution in [1.82, 2.24) is 5.32 Å². The van der Waals surface area contributed by atoms with E-state index in [9.17, 15) is 13.6 Å². The van der Waals surface area contributed by atoms with Crippen molar-refractivity contribution in [3.8, 4) is 0 Å². The average molecular weight is 248 g/mol. The molecule has 1 aromatic rings. The molecule has 1 heterocycles. The summed E-state index contributed by atoms with van der Waals surface area (Å²) in [6.07, 6.45) is -0.380. The van der Waals surface area contributed by atoms with E-state index in [0.717, 1.165) is 12.1 Å². The molecule has 1 N–H and O–H groups in total. The lowest BCUT2D eigenvalue weighted by Crippen LogP contribution is -2.36. The molecule has 0 aromatic heterocycles. The molecule has 1 saturated heterocycles. The summed E-state index contributed by atoms with van der Waals surface area (Å²) in [5, 5.41) is 2.17. The van der Waals surface area contributed by atoms with Crippen LogP contribution in [0.15, 0.2) is 12.1 Å². The van der Waals surface area contributed by atoms with Crippen molar-refractivity contribution < 1.29 is 18.3 Å². The summed E-state index contributed by atoms with van der Waals surface area (Å²) in [4.78, 5) is 10.9. The Balaban J connectivity index is 2.39. The summed E-state index contributed by atoms with van der Waals surface area (Å²) in [5.74, 6) is -1.57. The quantitative estimate of drug-likeness (QED) is 0.775. The van der Waals surface area contributed by atoms with Crippen molar-refractivity contribution in [1.29, 1.82) is 0 Å². The van der Waals surface area contributed by atoms with Crippen molar-refractivity contribution in [2.24, 2.45) is 0 Å². The van der Waals surface area contributed by atoms with Gasteiger partial charge in [0.2, 0.25) is 0 Å². The summed E-state index contributed by atoms with van der Waals surface area (Å²) in [6.45, 7) is 0.127. The molecule has 1 aliphatic heterocycles. The fourth-order valence-corrected chi connectivity index (χ4v) is 1.77. The monoisotopic (exact) mass is 247 g/mol. The number of halogens is 3. The number of nitrogens with one attached hydrogen (secondary N) is 1. The van der Waals surface area contributed by atoms with Crippen molar-refractivity contribution in [2.45, 2.75) is 12.5 Å². The smallest absolute Gasteiger partial charge is 0.407 e. The molecule has 2 rings (SSSR count). The van der Waals surface area contributed by atoms with Gasteiger partial charge in [-0.15, -0.1) is 0 Å². The number of hydrogen-bond acceptors (Lipinski definition) is 2. The number of carbonyl (C=O) groups is 1. The molecule has 0 unspecified atom stereocenters. The second-order valence-corrected chi connectivity index (χ2v) is 3.79. The summed E-state index contributed by atoms with van der Waals surface area (Å²) in [7, 11) is 0. The molecule has 0 radical (unpaired) electrons. The molecule has 86 valence electrons. The molecule has 1 aromatic carbocycles. The third kappa shape index (κ3) is 1.95. The fraction of sp³-hybridized carbons (Fsp3) is 0.300. The van der Waals surface area contributed by atoms with Crippen LogP contribution in [-0.2, 0) is 4.74 Å². The van der Waals surface area contributed by atoms with Gasteiger partial charge in [-0.25, -0.2) is 13.6 Å². The number of alkyl carbamates (subject to hydrolysis) is 1. The SMILES string of the molecule is O=C1N[C@H](c2c(F)ccc(Cl)c2F)CCO1. The number of hydrogen-bond donors (Lipinski definition) is 1. The van der Waals surface area contributed by atoms with Crippen LogP contribution in [0.1, 0.15) is 18.0 Å². The van der Waals surface area contributed by atoms with Crippen LogP contribution in [0.2, 0.25) is 5.02 Å². The molecule has 1 atom stereocenters. The predicted octanol–water partition coefficient (Wildman–Crippen LogP) is 2.79. The molecular formula is C10H8ClF2NO2. The van der Waals surface area contributed by atoms with Crippen molar-refractivity contribution >= 4 is 17.7 Å². The number of rotatable bonds is 1. The molecule has 1 fully saturated rings. The zero-order chi connectivity index (χ0) is 11.7. The van der Waals surface area contributed by atoms with Gasteiger partial charge < -0.3 is 10.1 Å². The maximum Gasteiger partial charge on any atom is 0.407 e. The van der Waals surface area contributed by atoms with Crippen LogP contribution in [0.25, 0.3) is 0 Å². The molecule has 6 heteroatoms. The standard InChI is InChI=1S/C10H8ClF2NO2/c11-5-1-2-6(12)8(9(5)13)7-3-4-16-10(15)14-7/h1-2,7H,3-4H2,(H,14,15)/t7-/m0/s1. The first-order chi connectivity index (χ1) is 7.59. The van der Waals surface area contributed by atoms with Gasteiger partial charge in [-0.2, -0.15) is 0 Å². The molecule has 0 saturated carbocycles. The first kappa shape index (κ1) is 11.1. The van der Waals surface area contributed by atoms with Crippen LogP contribution < -0.4 is 5.32 Å². The highest BCUT2D eigenvalue weighted by molar-refractivity contribution is 6.30. The van der Waals surface area contributed by atoms with Gasteiger partial charge in [0, 0.05) is 12.0 Å². The number of ether oxygens (including phenoxy) is 1. The van der Waals surface area contributed by atoms with Gasteiger partial charge in [0.15, 0.2) is 0 Å². The average Bonchev–Trinajstić information content (AvgIpc) is 2.24. The minimum atomic E-state index is -0.839. The molecule has 16 heavy (non-hydrogen) atoms. The van der Waals surface area contributed by atoms with Crippen LogP contribution >= 0.6 is 11.6 Å². The van der Waals surface area contributed by atoms with Crippen molar-refractivity contribution in [2.75, 3.05) is 6.61 Å². The number of benzene rings is 1. The van der Waals surface area contributed by atoms with Gasteiger partial charge in [-0.3, -0.25) is 0 Å². The van der Waals surface area contributed by atoms with E-state index in [0.29, 0.717) is 6.42 Å². The van der Waals surface area contributed by atoms with Gasteiger partial charge in [-0.1, -0.05) is 11.6 Å². The summed E-state index contributed by atoms with van der Waals surface area (Å²) in [6, 6.07) is 1.47. The van der Waals surface area contributed by atoms with Gasteiger partial charge in [0.25, 0.3) is 0 Å². The van der Waals surface area contributed by atoms with E-state index in [1.54, 1.807) is 0 Å². The van der Waals surface area contributed by atoms with E-state index >= 15 is 0 Å². The zero-order valence-electron chi connectivity index (χ0n) is 8.10. The van der Waals surface area contributed by atoms with Crippen molar-refractivity contribution in [3.63, 3.8) is 0 Å². The summed E-state index contributed by atoms with van der Waals surface area (Å²) in [5.41, 5.74) is -0.218. The van der Waals surface area contributed by atoms with E-state index in [-0.39, 0.29) is 17.2 Å². The van der Waals surface area contributed by atoms with Crippen molar-refractivity contribution in [3.05, 3.63) is 34.4 Å². The Morgan fingerprint density at radius 2 is 2.19 bits per heavy atom. The van der Waals surface area contributed by atoms with Gasteiger partial charge in [0.05, 0.1) is 17.7 Å². The van der Waals surface area contributed by atoms with E-state index in [2.05, 4.69) is 10.1 Å². The third-order valence-corrected chi connectivity index (χ3v) is 2.65.